The molecule has 8 heteroatoms. The normalized spacial score (nSPS) is 11.1. The molecule has 0 atom stereocenters. The van der Waals surface area contributed by atoms with E-state index in [-0.39, 0.29) is 11.1 Å². The van der Waals surface area contributed by atoms with Crippen LogP contribution in [0.3, 0.4) is 0 Å². The molecule has 0 radical (unpaired) electrons. The molecule has 1 rings (SSSR count). The van der Waals surface area contributed by atoms with Gasteiger partial charge in [0.05, 0.1) is 24.3 Å². The highest BCUT2D eigenvalue weighted by atomic mass is 79.9. The van der Waals surface area contributed by atoms with Gasteiger partial charge in [-0.2, -0.15) is 0 Å². The van der Waals surface area contributed by atoms with Gasteiger partial charge in [0, 0.05) is 17.9 Å². The summed E-state index contributed by atoms with van der Waals surface area (Å²) >= 11 is 13.9. The average Bonchev–Trinajstić information content (AvgIpc) is 2.91. The Labute approximate surface area is 264 Å². The Bertz CT molecular complexity index is 762. The van der Waals surface area contributed by atoms with Crippen LogP contribution in [0.25, 0.3) is 0 Å². The third kappa shape index (κ3) is 14.1. The lowest BCUT2D eigenvalue weighted by molar-refractivity contribution is 0.0448. The van der Waals surface area contributed by atoms with Crippen molar-refractivity contribution >= 4 is 75.7 Å². The van der Waals surface area contributed by atoms with E-state index in [2.05, 4.69) is 77.6 Å². The molecule has 0 unspecified atom stereocenters. The van der Waals surface area contributed by atoms with Crippen LogP contribution >= 0.6 is 63.7 Å². The molecule has 218 valence electrons. The molecule has 1 aromatic carbocycles. The van der Waals surface area contributed by atoms with Crippen molar-refractivity contribution in [2.45, 2.75) is 129 Å². The number of carbonyl (C=O) groups is 2. The minimum atomic E-state index is -0.527. The fourth-order valence-corrected chi connectivity index (χ4v) is 6.76. The Hall–Kier alpha value is 0.0800. The van der Waals surface area contributed by atoms with Crippen molar-refractivity contribution in [3.05, 3.63) is 29.0 Å². The van der Waals surface area contributed by atoms with Crippen LogP contribution in [0.5, 0.6) is 0 Å². The first-order chi connectivity index (χ1) is 18.4. The summed E-state index contributed by atoms with van der Waals surface area (Å²) in [6.45, 7) is 5.13. The molecule has 0 saturated heterocycles. The summed E-state index contributed by atoms with van der Waals surface area (Å²) in [5.41, 5.74) is 0.361. The molecule has 38 heavy (non-hydrogen) atoms. The van der Waals surface area contributed by atoms with Gasteiger partial charge in [0.2, 0.25) is 0 Å². The van der Waals surface area contributed by atoms with E-state index in [0.717, 1.165) is 38.5 Å². The zero-order chi connectivity index (χ0) is 28.2. The van der Waals surface area contributed by atoms with Crippen LogP contribution in [0.15, 0.2) is 17.9 Å². The lowest BCUT2D eigenvalue weighted by Gasteiger charge is -2.16. The van der Waals surface area contributed by atoms with Gasteiger partial charge in [0.15, 0.2) is 0 Å². The fraction of sp³-hybridized carbons (Fsp3) is 0.733. The monoisotopic (exact) mass is 786 g/mol. The lowest BCUT2D eigenvalue weighted by atomic mass is 10.1. The molecule has 0 aliphatic heterocycles. The maximum absolute atomic E-state index is 13.1. The molecule has 0 aliphatic rings. The van der Waals surface area contributed by atoms with Crippen LogP contribution in [0.2, 0.25) is 0 Å². The molecule has 0 saturated carbocycles. The quantitative estimate of drug-likeness (QED) is 0.0508. The summed E-state index contributed by atoms with van der Waals surface area (Å²) in [5, 5.41) is 0. The summed E-state index contributed by atoms with van der Waals surface area (Å²) in [6.07, 6.45) is 21.5. The summed E-state index contributed by atoms with van der Waals surface area (Å²) in [4.78, 5) is 26.1. The number of halogens is 4. The molecule has 0 aromatic heterocycles. The Morgan fingerprint density at radius 3 is 1.00 bits per heavy atom. The Morgan fingerprint density at radius 2 is 0.711 bits per heavy atom. The van der Waals surface area contributed by atoms with Crippen LogP contribution in [0, 0.1) is 0 Å². The van der Waals surface area contributed by atoms with Crippen molar-refractivity contribution in [1.82, 2.24) is 0 Å². The SMILES string of the molecule is CCCCCCCCCCCOC(=O)c1c(Br)c(Br)c(Br)c(Br)c1C(=O)OCCCCCCCCCCC. The highest BCUT2D eigenvalue weighted by Gasteiger charge is 2.30. The minimum absolute atomic E-state index is 0.181. The topological polar surface area (TPSA) is 52.6 Å². The molecular formula is C30H46Br4O4. The highest BCUT2D eigenvalue weighted by Crippen LogP contribution is 2.42. The lowest BCUT2D eigenvalue weighted by Crippen LogP contribution is -2.17. The Kier molecular flexibility index (Phi) is 21.6. The zero-order valence-corrected chi connectivity index (χ0v) is 29.6. The van der Waals surface area contributed by atoms with Crippen molar-refractivity contribution in [3.8, 4) is 0 Å². The van der Waals surface area contributed by atoms with Crippen LogP contribution in [-0.4, -0.2) is 25.2 Å². The summed E-state index contributed by atoms with van der Waals surface area (Å²) < 4.78 is 13.4. The fourth-order valence-electron chi connectivity index (χ4n) is 4.31. The second-order valence-corrected chi connectivity index (χ2v) is 13.1. The van der Waals surface area contributed by atoms with Crippen molar-refractivity contribution in [2.24, 2.45) is 0 Å². The molecule has 1 aromatic rings. The maximum atomic E-state index is 13.1. The molecule has 4 nitrogen and oxygen atoms in total. The van der Waals surface area contributed by atoms with E-state index in [1.54, 1.807) is 0 Å². The van der Waals surface area contributed by atoms with Crippen molar-refractivity contribution in [2.75, 3.05) is 13.2 Å². The molecule has 0 heterocycles. The van der Waals surface area contributed by atoms with Gasteiger partial charge < -0.3 is 9.47 Å². The number of hydrogen-bond donors (Lipinski definition) is 0. The standard InChI is InChI=1S/C30H46Br4O4/c1-3-5-7-9-11-13-15-17-19-21-37-29(35)23-24(26(32)28(34)27(33)25(23)31)30(36)38-22-20-18-16-14-12-10-8-6-4-2/h3-22H2,1-2H3. The Morgan fingerprint density at radius 1 is 0.447 bits per heavy atom. The minimum Gasteiger partial charge on any atom is -0.462 e. The Balaban J connectivity index is 2.55. The van der Waals surface area contributed by atoms with E-state index in [0.29, 0.717) is 31.1 Å². The van der Waals surface area contributed by atoms with Gasteiger partial charge in [-0.25, -0.2) is 9.59 Å². The predicted molar refractivity (Wildman–Crippen MR) is 172 cm³/mol. The van der Waals surface area contributed by atoms with E-state index in [1.165, 1.54) is 77.0 Å². The van der Waals surface area contributed by atoms with E-state index in [4.69, 9.17) is 9.47 Å². The summed E-state index contributed by atoms with van der Waals surface area (Å²) in [6, 6.07) is 0. The number of ether oxygens (including phenoxy) is 2. The first-order valence-corrected chi connectivity index (χ1v) is 17.7. The van der Waals surface area contributed by atoms with Gasteiger partial charge in [-0.15, -0.1) is 0 Å². The first-order valence-electron chi connectivity index (χ1n) is 14.6. The molecule has 0 bridgehead atoms. The third-order valence-corrected chi connectivity index (χ3v) is 11.4. The van der Waals surface area contributed by atoms with Crippen molar-refractivity contribution < 1.29 is 19.1 Å². The second kappa shape index (κ2) is 22.7. The van der Waals surface area contributed by atoms with Gasteiger partial charge in [0.1, 0.15) is 0 Å². The predicted octanol–water partition coefficient (Wildman–Crippen LogP) is 12.1. The van der Waals surface area contributed by atoms with Crippen LogP contribution in [-0.2, 0) is 9.47 Å². The van der Waals surface area contributed by atoms with Crippen molar-refractivity contribution in [3.63, 3.8) is 0 Å². The first kappa shape index (κ1) is 36.1. The average molecular weight is 790 g/mol. The second-order valence-electron chi connectivity index (χ2n) is 9.93. The number of carbonyl (C=O) groups excluding carboxylic acids is 2. The number of hydrogen-bond acceptors (Lipinski definition) is 4. The molecular weight excluding hydrogens is 744 g/mol. The van der Waals surface area contributed by atoms with Gasteiger partial charge in [0.25, 0.3) is 0 Å². The molecule has 0 spiro atoms. The van der Waals surface area contributed by atoms with E-state index in [9.17, 15) is 9.59 Å². The van der Waals surface area contributed by atoms with Gasteiger partial charge in [-0.3, -0.25) is 0 Å². The van der Waals surface area contributed by atoms with E-state index in [1.807, 2.05) is 0 Å². The van der Waals surface area contributed by atoms with Gasteiger partial charge >= 0.3 is 11.9 Å². The van der Waals surface area contributed by atoms with Crippen LogP contribution < -0.4 is 0 Å². The zero-order valence-electron chi connectivity index (χ0n) is 23.3. The smallest absolute Gasteiger partial charge is 0.340 e. The number of unbranched alkanes of at least 4 members (excludes halogenated alkanes) is 16. The van der Waals surface area contributed by atoms with Gasteiger partial charge in [-0.1, -0.05) is 117 Å². The van der Waals surface area contributed by atoms with E-state index >= 15 is 0 Å². The molecule has 0 fully saturated rings. The number of benzene rings is 1. The largest absolute Gasteiger partial charge is 0.462 e. The molecule has 0 aliphatic carbocycles. The van der Waals surface area contributed by atoms with Crippen LogP contribution in [0.4, 0.5) is 0 Å². The van der Waals surface area contributed by atoms with Crippen molar-refractivity contribution in [1.29, 1.82) is 0 Å². The number of rotatable bonds is 22. The van der Waals surface area contributed by atoms with Gasteiger partial charge in [-0.05, 0) is 76.6 Å². The third-order valence-electron chi connectivity index (χ3n) is 6.64. The molecule has 0 N–H and O–H groups in total. The highest BCUT2D eigenvalue weighted by molar-refractivity contribution is 9.15. The molecule has 0 amide bonds. The number of esters is 2. The van der Waals surface area contributed by atoms with Crippen LogP contribution in [0.1, 0.15) is 150 Å². The summed E-state index contributed by atoms with van der Waals surface area (Å²) in [5.74, 6) is -1.05. The maximum Gasteiger partial charge on any atom is 0.340 e. The summed E-state index contributed by atoms with van der Waals surface area (Å²) in [7, 11) is 0. The van der Waals surface area contributed by atoms with E-state index < -0.39 is 11.9 Å².